The third-order valence-electron chi connectivity index (χ3n) is 1.30. The molecule has 0 aliphatic rings. The number of Topliss-reactive ketones (excluding diaryl/α,β-unsaturated/α-hetero) is 1. The molecule has 1 atom stereocenters. The summed E-state index contributed by atoms with van der Waals surface area (Å²) in [6.45, 7) is 0.740. The highest BCUT2D eigenvalue weighted by atomic mass is 32.1. The summed E-state index contributed by atoms with van der Waals surface area (Å²) < 4.78 is 39.8. The lowest BCUT2D eigenvalue weighted by atomic mass is 10.3. The second-order valence-electron chi connectivity index (χ2n) is 3.03. The molecule has 0 radical (unpaired) electrons. The van der Waals surface area contributed by atoms with Gasteiger partial charge in [-0.1, -0.05) is 0 Å². The smallest absolute Gasteiger partial charge is 0.390 e. The summed E-state index contributed by atoms with van der Waals surface area (Å²) in [6.07, 6.45) is -5.89. The van der Waals surface area contributed by atoms with Crippen molar-refractivity contribution in [3.05, 3.63) is 0 Å². The van der Waals surface area contributed by atoms with Gasteiger partial charge >= 0.3 is 12.1 Å². The minimum atomic E-state index is -4.33. The number of rotatable bonds is 5. The average Bonchev–Trinajstić information content (AvgIpc) is 1.96. The fraction of sp³-hybridized carbons (Fsp3) is 0.750. The Morgan fingerprint density at radius 2 is 1.93 bits per heavy atom. The molecule has 0 bridgehead atoms. The van der Waals surface area contributed by atoms with E-state index in [1.807, 2.05) is 0 Å². The quantitative estimate of drug-likeness (QED) is 0.455. The van der Waals surface area contributed by atoms with Crippen LogP contribution in [0.4, 0.5) is 13.2 Å². The molecule has 0 aromatic rings. The van der Waals surface area contributed by atoms with Gasteiger partial charge in [0.1, 0.15) is 18.8 Å². The van der Waals surface area contributed by atoms with Crippen LogP contribution in [0.5, 0.6) is 0 Å². The average molecular weight is 244 g/mol. The van der Waals surface area contributed by atoms with Crippen molar-refractivity contribution in [3.8, 4) is 0 Å². The highest BCUT2D eigenvalue weighted by Gasteiger charge is 2.30. The van der Waals surface area contributed by atoms with Crippen LogP contribution in [-0.4, -0.2) is 29.8 Å². The molecular formula is C8H11F3O3S. The van der Waals surface area contributed by atoms with Crippen molar-refractivity contribution in [3.63, 3.8) is 0 Å². The number of thiol groups is 1. The Morgan fingerprint density at radius 1 is 1.40 bits per heavy atom. The molecule has 0 aliphatic heterocycles. The fourth-order valence-corrected chi connectivity index (χ4v) is 1.05. The van der Waals surface area contributed by atoms with Crippen LogP contribution in [0.25, 0.3) is 0 Å². The number of ketones is 1. The van der Waals surface area contributed by atoms with E-state index in [1.165, 1.54) is 6.92 Å². The summed E-state index contributed by atoms with van der Waals surface area (Å²) in [4.78, 5) is 21.2. The first kappa shape index (κ1) is 14.3. The Hall–Kier alpha value is -0.720. The minimum absolute atomic E-state index is 0.397. The van der Waals surface area contributed by atoms with Crippen LogP contribution in [0, 0.1) is 0 Å². The molecule has 3 nitrogen and oxygen atoms in total. The third-order valence-corrected chi connectivity index (χ3v) is 1.63. The first-order chi connectivity index (χ1) is 6.70. The van der Waals surface area contributed by atoms with Crippen LogP contribution in [0.1, 0.15) is 19.8 Å². The van der Waals surface area contributed by atoms with Crippen LogP contribution < -0.4 is 0 Å². The van der Waals surface area contributed by atoms with Gasteiger partial charge in [-0.15, -0.1) is 0 Å². The van der Waals surface area contributed by atoms with Gasteiger partial charge in [0.15, 0.2) is 0 Å². The van der Waals surface area contributed by atoms with Crippen molar-refractivity contribution >= 4 is 24.4 Å². The highest BCUT2D eigenvalue weighted by Crippen LogP contribution is 2.23. The molecule has 0 spiro atoms. The Morgan fingerprint density at radius 3 is 2.33 bits per heavy atom. The predicted molar refractivity (Wildman–Crippen MR) is 49.7 cm³/mol. The maximum Gasteiger partial charge on any atom is 0.390 e. The Balaban J connectivity index is 3.76. The monoisotopic (exact) mass is 244 g/mol. The zero-order chi connectivity index (χ0) is 12.1. The van der Waals surface area contributed by atoms with E-state index in [0.29, 0.717) is 0 Å². The van der Waals surface area contributed by atoms with Crippen LogP contribution in [-0.2, 0) is 14.3 Å². The largest absolute Gasteiger partial charge is 0.464 e. The van der Waals surface area contributed by atoms with E-state index in [1.54, 1.807) is 0 Å². The lowest BCUT2D eigenvalue weighted by Crippen LogP contribution is -2.22. The van der Waals surface area contributed by atoms with Gasteiger partial charge in [-0.3, -0.25) is 9.59 Å². The summed E-state index contributed by atoms with van der Waals surface area (Å²) in [7, 11) is 0. The SMILES string of the molecule is CC(=O)CC(=O)OCC(S)CC(F)(F)F. The summed E-state index contributed by atoms with van der Waals surface area (Å²) in [5, 5.41) is -1.10. The van der Waals surface area contributed by atoms with Crippen LogP contribution in [0.2, 0.25) is 0 Å². The molecule has 0 saturated heterocycles. The van der Waals surface area contributed by atoms with Gasteiger partial charge in [0.2, 0.25) is 0 Å². The third kappa shape index (κ3) is 9.58. The molecule has 0 fully saturated rings. The molecule has 15 heavy (non-hydrogen) atoms. The zero-order valence-electron chi connectivity index (χ0n) is 8.00. The molecule has 0 rings (SSSR count). The van der Waals surface area contributed by atoms with E-state index in [0.717, 1.165) is 0 Å². The molecule has 0 amide bonds. The topological polar surface area (TPSA) is 43.4 Å². The Labute approximate surface area is 90.4 Å². The van der Waals surface area contributed by atoms with Gasteiger partial charge in [0.05, 0.1) is 6.42 Å². The zero-order valence-corrected chi connectivity index (χ0v) is 8.90. The van der Waals surface area contributed by atoms with Crippen molar-refractivity contribution in [2.75, 3.05) is 6.61 Å². The number of esters is 1. The molecule has 0 aromatic heterocycles. The van der Waals surface area contributed by atoms with Crippen molar-refractivity contribution in [1.82, 2.24) is 0 Å². The van der Waals surface area contributed by atoms with E-state index >= 15 is 0 Å². The standard InChI is InChI=1S/C8H11F3O3S/c1-5(12)2-7(13)14-4-6(15)3-8(9,10)11/h6,15H,2-4H2,1H3. The van der Waals surface area contributed by atoms with E-state index in [9.17, 15) is 22.8 Å². The van der Waals surface area contributed by atoms with E-state index < -0.39 is 42.6 Å². The van der Waals surface area contributed by atoms with E-state index in [-0.39, 0.29) is 0 Å². The number of carbonyl (C=O) groups is 2. The molecule has 0 N–H and O–H groups in total. The summed E-state index contributed by atoms with van der Waals surface area (Å²) in [5.41, 5.74) is 0. The number of carbonyl (C=O) groups excluding carboxylic acids is 2. The van der Waals surface area contributed by atoms with Gasteiger partial charge in [-0.25, -0.2) is 0 Å². The van der Waals surface area contributed by atoms with Gasteiger partial charge in [0, 0.05) is 5.25 Å². The van der Waals surface area contributed by atoms with E-state index in [4.69, 9.17) is 0 Å². The number of halogens is 3. The summed E-state index contributed by atoms with van der Waals surface area (Å²) in [5.74, 6) is -1.23. The van der Waals surface area contributed by atoms with Crippen LogP contribution in [0.15, 0.2) is 0 Å². The lowest BCUT2D eigenvalue weighted by molar-refractivity contribution is -0.150. The molecule has 0 aromatic carbocycles. The van der Waals surface area contributed by atoms with Crippen LogP contribution >= 0.6 is 12.6 Å². The minimum Gasteiger partial charge on any atom is -0.464 e. The maximum absolute atomic E-state index is 11.8. The van der Waals surface area contributed by atoms with Gasteiger partial charge in [-0.05, 0) is 6.92 Å². The van der Waals surface area contributed by atoms with Crippen LogP contribution in [0.3, 0.4) is 0 Å². The first-order valence-electron chi connectivity index (χ1n) is 4.10. The normalized spacial score (nSPS) is 13.4. The molecule has 0 saturated carbocycles. The highest BCUT2D eigenvalue weighted by molar-refractivity contribution is 7.81. The Kier molecular flexibility index (Phi) is 5.71. The van der Waals surface area contributed by atoms with Crippen molar-refractivity contribution < 1.29 is 27.5 Å². The van der Waals surface area contributed by atoms with Crippen molar-refractivity contribution in [2.24, 2.45) is 0 Å². The number of hydrogen-bond acceptors (Lipinski definition) is 4. The summed E-state index contributed by atoms with van der Waals surface area (Å²) >= 11 is 3.61. The fourth-order valence-electron chi connectivity index (χ4n) is 0.770. The molecule has 7 heteroatoms. The molecule has 88 valence electrons. The molecule has 0 aliphatic carbocycles. The number of ether oxygens (including phenoxy) is 1. The molecule has 0 heterocycles. The first-order valence-corrected chi connectivity index (χ1v) is 4.62. The molecule has 1 unspecified atom stereocenters. The van der Waals surface area contributed by atoms with Gasteiger partial charge in [0.25, 0.3) is 0 Å². The second-order valence-corrected chi connectivity index (χ2v) is 3.77. The lowest BCUT2D eigenvalue weighted by Gasteiger charge is -2.13. The molecular weight excluding hydrogens is 233 g/mol. The van der Waals surface area contributed by atoms with Gasteiger partial charge < -0.3 is 4.74 Å². The maximum atomic E-state index is 11.8. The van der Waals surface area contributed by atoms with Crippen molar-refractivity contribution in [1.29, 1.82) is 0 Å². The van der Waals surface area contributed by atoms with Crippen molar-refractivity contribution in [2.45, 2.75) is 31.2 Å². The predicted octanol–water partition coefficient (Wildman–Crippen LogP) is 1.76. The Bertz CT molecular complexity index is 240. The summed E-state index contributed by atoms with van der Waals surface area (Å²) in [6, 6.07) is 0. The van der Waals surface area contributed by atoms with E-state index in [2.05, 4.69) is 17.4 Å². The number of alkyl halides is 3. The second kappa shape index (κ2) is 5.99. The number of hydrogen-bond donors (Lipinski definition) is 1. The van der Waals surface area contributed by atoms with Gasteiger partial charge in [-0.2, -0.15) is 25.8 Å².